The van der Waals surface area contributed by atoms with Gasteiger partial charge in [0.1, 0.15) is 5.75 Å². The number of urea groups is 1. The van der Waals surface area contributed by atoms with Gasteiger partial charge in [-0.25, -0.2) is 19.7 Å². The number of hydrogen-bond acceptors (Lipinski definition) is 8. The van der Waals surface area contributed by atoms with Crippen molar-refractivity contribution < 1.29 is 14.6 Å². The van der Waals surface area contributed by atoms with Gasteiger partial charge in [0.15, 0.2) is 10.8 Å². The number of fused-ring (bicyclic) bond motifs is 1. The second-order valence-electron chi connectivity index (χ2n) is 9.20. The predicted octanol–water partition coefficient (Wildman–Crippen LogP) is 5.60. The molecule has 4 aromatic rings. The lowest BCUT2D eigenvalue weighted by Gasteiger charge is -2.30. The van der Waals surface area contributed by atoms with Crippen LogP contribution in [-0.2, 0) is 0 Å². The number of aliphatic hydroxyl groups excluding tert-OH is 1. The number of imidazole rings is 1. The first-order chi connectivity index (χ1) is 18.9. The molecule has 0 bridgehead atoms. The summed E-state index contributed by atoms with van der Waals surface area (Å²) in [6, 6.07) is 1.23. The van der Waals surface area contributed by atoms with E-state index in [0.717, 1.165) is 35.6 Å². The summed E-state index contributed by atoms with van der Waals surface area (Å²) in [5.41, 5.74) is 2.58. The number of pyridine rings is 1. The van der Waals surface area contributed by atoms with Crippen molar-refractivity contribution in [1.29, 1.82) is 0 Å². The molecule has 4 rings (SSSR count). The molecular weight excluding hydrogens is 538 g/mol. The van der Waals surface area contributed by atoms with Crippen LogP contribution in [0.1, 0.15) is 67.2 Å². The first kappa shape index (κ1) is 28.7. The first-order valence-corrected chi connectivity index (χ1v) is 14.2. The molecule has 2 unspecified atom stereocenters. The number of amides is 2. The van der Waals surface area contributed by atoms with E-state index in [9.17, 15) is 4.79 Å². The molecule has 0 aromatic carbocycles. The van der Waals surface area contributed by atoms with Gasteiger partial charge in [0.25, 0.3) is 0 Å². The van der Waals surface area contributed by atoms with Crippen molar-refractivity contribution >= 4 is 34.6 Å². The topological polar surface area (TPSA) is 118 Å². The van der Waals surface area contributed by atoms with Gasteiger partial charge in [-0.2, -0.15) is 0 Å². The van der Waals surface area contributed by atoms with E-state index in [-0.39, 0.29) is 29.9 Å². The molecule has 39 heavy (non-hydrogen) atoms. The zero-order chi connectivity index (χ0) is 27.9. The molecule has 0 saturated carbocycles. The van der Waals surface area contributed by atoms with Crippen LogP contribution in [0.15, 0.2) is 37.1 Å². The summed E-state index contributed by atoms with van der Waals surface area (Å²) in [6.45, 7) is 6.52. The Hall–Kier alpha value is -3.28. The van der Waals surface area contributed by atoms with E-state index in [4.69, 9.17) is 21.4 Å². The molecule has 12 heteroatoms. The van der Waals surface area contributed by atoms with Crippen LogP contribution in [0.2, 0.25) is 5.15 Å². The average Bonchev–Trinajstić information content (AvgIpc) is 3.59. The summed E-state index contributed by atoms with van der Waals surface area (Å²) >= 11 is 7.98. The van der Waals surface area contributed by atoms with Gasteiger partial charge in [-0.1, -0.05) is 24.4 Å². The number of halogens is 1. The molecule has 0 spiro atoms. The van der Waals surface area contributed by atoms with Crippen molar-refractivity contribution in [2.75, 3.05) is 20.3 Å². The highest BCUT2D eigenvalue weighted by Crippen LogP contribution is 2.33. The van der Waals surface area contributed by atoms with Gasteiger partial charge in [0, 0.05) is 48.4 Å². The van der Waals surface area contributed by atoms with E-state index in [0.29, 0.717) is 34.9 Å². The van der Waals surface area contributed by atoms with E-state index in [1.165, 1.54) is 0 Å². The summed E-state index contributed by atoms with van der Waals surface area (Å²) in [6.07, 6.45) is 12.1. The van der Waals surface area contributed by atoms with E-state index in [1.54, 1.807) is 46.3 Å². The molecule has 0 fully saturated rings. The molecule has 208 valence electrons. The molecule has 0 radical (unpaired) electrons. The maximum absolute atomic E-state index is 13.6. The normalized spacial score (nSPS) is 12.9. The number of carbonyl (C=O) groups excluding carboxylic acids is 1. The number of aliphatic hydroxyl groups is 1. The average molecular weight is 572 g/mol. The molecule has 4 aromatic heterocycles. The molecule has 2 amide bonds. The van der Waals surface area contributed by atoms with Crippen molar-refractivity contribution in [2.24, 2.45) is 0 Å². The van der Waals surface area contributed by atoms with Gasteiger partial charge < -0.3 is 24.5 Å². The Morgan fingerprint density at radius 2 is 2.08 bits per heavy atom. The SMILES string of the molecule is CCN(C(=O)NC(CCCCCO)c1cnc(C)s1)C(C)c1cc(-c2cn3ccnc3c(Cl)n2)c(OC)cn1. The number of hydrogen-bond donors (Lipinski definition) is 2. The van der Waals surface area contributed by atoms with Crippen LogP contribution in [0, 0.1) is 6.92 Å². The fourth-order valence-electron chi connectivity index (χ4n) is 4.52. The number of methoxy groups -OCH3 is 1. The first-order valence-electron chi connectivity index (χ1n) is 13.0. The standard InChI is InChI=1S/C27H34ClN7O3S/c1-5-35(27(37)33-20(9-7-6-8-12-36)24-15-30-18(3)39-24)17(2)21-13-19(23(38-4)14-31-21)22-16-34-11-10-29-26(34)25(28)32-22/h10-11,13-17,20,36H,5-9,12H2,1-4H3,(H,33,37). The van der Waals surface area contributed by atoms with E-state index in [2.05, 4.69) is 25.3 Å². The number of unbranched alkanes of at least 4 members (excludes halogenated alkanes) is 2. The molecule has 2 N–H and O–H groups in total. The van der Waals surface area contributed by atoms with Crippen LogP contribution < -0.4 is 10.1 Å². The summed E-state index contributed by atoms with van der Waals surface area (Å²) in [4.78, 5) is 34.1. The zero-order valence-corrected chi connectivity index (χ0v) is 24.2. The second-order valence-corrected chi connectivity index (χ2v) is 10.8. The number of aryl methyl sites for hydroxylation is 1. The Bertz CT molecular complexity index is 1410. The maximum atomic E-state index is 13.6. The van der Waals surface area contributed by atoms with Crippen LogP contribution in [0.5, 0.6) is 5.75 Å². The summed E-state index contributed by atoms with van der Waals surface area (Å²) < 4.78 is 7.38. The van der Waals surface area contributed by atoms with E-state index in [1.807, 2.05) is 39.2 Å². The third-order valence-electron chi connectivity index (χ3n) is 6.65. The highest BCUT2D eigenvalue weighted by Gasteiger charge is 2.26. The monoisotopic (exact) mass is 571 g/mol. The Balaban J connectivity index is 1.58. The Morgan fingerprint density at radius 3 is 2.77 bits per heavy atom. The lowest BCUT2D eigenvalue weighted by Crippen LogP contribution is -2.43. The number of nitrogens with one attached hydrogen (secondary N) is 1. The molecule has 4 heterocycles. The largest absolute Gasteiger partial charge is 0.494 e. The summed E-state index contributed by atoms with van der Waals surface area (Å²) in [5.74, 6) is 0.546. The minimum absolute atomic E-state index is 0.156. The molecule has 0 saturated heterocycles. The summed E-state index contributed by atoms with van der Waals surface area (Å²) in [7, 11) is 1.58. The van der Waals surface area contributed by atoms with E-state index < -0.39 is 0 Å². The third-order valence-corrected chi connectivity index (χ3v) is 7.93. The molecule has 10 nitrogen and oxygen atoms in total. The minimum atomic E-state index is -0.328. The Kier molecular flexibility index (Phi) is 9.71. The molecule has 0 aliphatic rings. The smallest absolute Gasteiger partial charge is 0.318 e. The van der Waals surface area contributed by atoms with Gasteiger partial charge >= 0.3 is 6.03 Å². The minimum Gasteiger partial charge on any atom is -0.494 e. The Morgan fingerprint density at radius 1 is 1.26 bits per heavy atom. The van der Waals surface area contributed by atoms with Gasteiger partial charge in [-0.3, -0.25) is 4.98 Å². The van der Waals surface area contributed by atoms with Gasteiger partial charge in [0.05, 0.1) is 41.8 Å². The van der Waals surface area contributed by atoms with Crippen LogP contribution in [0.25, 0.3) is 16.9 Å². The van der Waals surface area contributed by atoms with Crippen LogP contribution in [0.3, 0.4) is 0 Å². The van der Waals surface area contributed by atoms with Crippen LogP contribution >= 0.6 is 22.9 Å². The Labute approximate surface area is 237 Å². The van der Waals surface area contributed by atoms with Crippen molar-refractivity contribution in [3.8, 4) is 17.0 Å². The number of aromatic nitrogens is 5. The fourth-order valence-corrected chi connectivity index (χ4v) is 5.63. The van der Waals surface area contributed by atoms with Crippen molar-refractivity contribution in [3.05, 3.63) is 57.8 Å². The van der Waals surface area contributed by atoms with Crippen molar-refractivity contribution in [3.63, 3.8) is 0 Å². The number of carbonyl (C=O) groups is 1. The predicted molar refractivity (Wildman–Crippen MR) is 152 cm³/mol. The van der Waals surface area contributed by atoms with Crippen molar-refractivity contribution in [2.45, 2.75) is 58.5 Å². The molecule has 2 atom stereocenters. The zero-order valence-electron chi connectivity index (χ0n) is 22.6. The van der Waals surface area contributed by atoms with Gasteiger partial charge in [-0.05, 0) is 39.7 Å². The molecular formula is C27H34ClN7O3S. The fraction of sp³-hybridized carbons (Fsp3) is 0.444. The van der Waals surface area contributed by atoms with Gasteiger partial charge in [-0.15, -0.1) is 11.3 Å². The lowest BCUT2D eigenvalue weighted by molar-refractivity contribution is 0.177. The second kappa shape index (κ2) is 13.2. The summed E-state index contributed by atoms with van der Waals surface area (Å²) in [5, 5.41) is 13.6. The van der Waals surface area contributed by atoms with Crippen LogP contribution in [0.4, 0.5) is 4.79 Å². The number of ether oxygens (including phenoxy) is 1. The maximum Gasteiger partial charge on any atom is 0.318 e. The number of rotatable bonds is 12. The molecule has 0 aliphatic carbocycles. The highest BCUT2D eigenvalue weighted by molar-refractivity contribution is 7.11. The quantitative estimate of drug-likeness (QED) is 0.212. The third kappa shape index (κ3) is 6.66. The lowest BCUT2D eigenvalue weighted by atomic mass is 10.1. The van der Waals surface area contributed by atoms with E-state index >= 15 is 0 Å². The highest BCUT2D eigenvalue weighted by atomic mass is 35.5. The van der Waals surface area contributed by atoms with Crippen LogP contribution in [-0.4, -0.2) is 60.6 Å². The number of thiazole rings is 1. The van der Waals surface area contributed by atoms with Crippen molar-refractivity contribution in [1.82, 2.24) is 34.6 Å². The number of nitrogens with zero attached hydrogens (tertiary/aromatic N) is 6. The molecule has 0 aliphatic heterocycles. The van der Waals surface area contributed by atoms with Gasteiger partial charge in [0.2, 0.25) is 0 Å².